The molecule has 0 aromatic heterocycles. The number of para-hydroxylation sites is 1. The predicted molar refractivity (Wildman–Crippen MR) is 65.7 cm³/mol. The van der Waals surface area contributed by atoms with Gasteiger partial charge >= 0.3 is 0 Å². The maximum absolute atomic E-state index is 8.83. The van der Waals surface area contributed by atoms with Crippen LogP contribution in [-0.4, -0.2) is 5.75 Å². The Labute approximate surface area is 95.5 Å². The summed E-state index contributed by atoms with van der Waals surface area (Å²) in [7, 11) is 0. The SMILES string of the molecule is CCC(C)CSc1cccc(C#N)c1N. The van der Waals surface area contributed by atoms with Gasteiger partial charge in [-0.2, -0.15) is 5.26 Å². The van der Waals surface area contributed by atoms with E-state index in [1.807, 2.05) is 12.1 Å². The van der Waals surface area contributed by atoms with Crippen LogP contribution in [0.25, 0.3) is 0 Å². The number of nitrogen functional groups attached to an aromatic ring is 1. The van der Waals surface area contributed by atoms with Gasteiger partial charge in [0.2, 0.25) is 0 Å². The number of nitriles is 1. The number of benzene rings is 1. The Morgan fingerprint density at radius 1 is 1.53 bits per heavy atom. The van der Waals surface area contributed by atoms with E-state index in [4.69, 9.17) is 11.0 Å². The Morgan fingerprint density at radius 2 is 2.27 bits per heavy atom. The Morgan fingerprint density at radius 3 is 2.87 bits per heavy atom. The molecule has 0 aliphatic carbocycles. The molecule has 0 aliphatic heterocycles. The highest BCUT2D eigenvalue weighted by Crippen LogP contribution is 2.29. The summed E-state index contributed by atoms with van der Waals surface area (Å²) >= 11 is 1.73. The third-order valence-electron chi connectivity index (χ3n) is 2.41. The molecule has 0 saturated carbocycles. The lowest BCUT2D eigenvalue weighted by Gasteiger charge is -2.10. The number of nitrogens with two attached hydrogens (primary N) is 1. The predicted octanol–water partition coefficient (Wildman–Crippen LogP) is 3.28. The molecule has 0 bridgehead atoms. The van der Waals surface area contributed by atoms with Gasteiger partial charge in [-0.3, -0.25) is 0 Å². The maximum Gasteiger partial charge on any atom is 0.101 e. The van der Waals surface area contributed by atoms with Gasteiger partial charge in [0.15, 0.2) is 0 Å². The lowest BCUT2D eigenvalue weighted by molar-refractivity contribution is 0.637. The minimum atomic E-state index is 0.573. The van der Waals surface area contributed by atoms with Gasteiger partial charge in [-0.15, -0.1) is 11.8 Å². The zero-order valence-electron chi connectivity index (χ0n) is 9.16. The molecule has 0 saturated heterocycles. The third kappa shape index (κ3) is 3.17. The molecular formula is C12H16N2S. The van der Waals surface area contributed by atoms with Gasteiger partial charge in [0.1, 0.15) is 6.07 Å². The molecule has 0 spiro atoms. The molecular weight excluding hydrogens is 204 g/mol. The normalized spacial score (nSPS) is 12.1. The molecule has 3 heteroatoms. The molecule has 80 valence electrons. The van der Waals surface area contributed by atoms with Crippen molar-refractivity contribution in [1.82, 2.24) is 0 Å². The summed E-state index contributed by atoms with van der Waals surface area (Å²) in [5, 5.41) is 8.83. The first-order valence-electron chi connectivity index (χ1n) is 5.10. The highest BCUT2D eigenvalue weighted by molar-refractivity contribution is 7.99. The molecule has 1 rings (SSSR count). The third-order valence-corrected chi connectivity index (χ3v) is 3.81. The fourth-order valence-corrected chi connectivity index (χ4v) is 2.26. The molecule has 1 aromatic rings. The molecule has 0 amide bonds. The number of anilines is 1. The van der Waals surface area contributed by atoms with Crippen LogP contribution in [0.1, 0.15) is 25.8 Å². The van der Waals surface area contributed by atoms with Crippen LogP contribution in [0.5, 0.6) is 0 Å². The summed E-state index contributed by atoms with van der Waals surface area (Å²) < 4.78 is 0. The van der Waals surface area contributed by atoms with Gasteiger partial charge in [0.05, 0.1) is 11.3 Å². The second kappa shape index (κ2) is 5.67. The first-order chi connectivity index (χ1) is 7.19. The first kappa shape index (κ1) is 11.9. The zero-order chi connectivity index (χ0) is 11.3. The molecule has 0 aliphatic rings. The Bertz CT molecular complexity index is 368. The molecule has 1 aromatic carbocycles. The Balaban J connectivity index is 2.74. The van der Waals surface area contributed by atoms with Crippen LogP contribution in [0, 0.1) is 17.2 Å². The van der Waals surface area contributed by atoms with E-state index in [9.17, 15) is 0 Å². The molecule has 1 unspecified atom stereocenters. The smallest absolute Gasteiger partial charge is 0.101 e. The summed E-state index contributed by atoms with van der Waals surface area (Å²) in [5.41, 5.74) is 7.07. The number of thioether (sulfide) groups is 1. The van der Waals surface area contributed by atoms with Crippen molar-refractivity contribution in [2.24, 2.45) is 5.92 Å². The first-order valence-corrected chi connectivity index (χ1v) is 6.09. The van der Waals surface area contributed by atoms with Crippen molar-refractivity contribution >= 4 is 17.4 Å². The van der Waals surface area contributed by atoms with E-state index < -0.39 is 0 Å². The van der Waals surface area contributed by atoms with E-state index in [1.54, 1.807) is 17.8 Å². The van der Waals surface area contributed by atoms with Gasteiger partial charge in [0, 0.05) is 10.6 Å². The van der Waals surface area contributed by atoms with E-state index in [1.165, 1.54) is 6.42 Å². The van der Waals surface area contributed by atoms with Crippen molar-refractivity contribution in [1.29, 1.82) is 5.26 Å². The molecule has 2 N–H and O–H groups in total. The summed E-state index contributed by atoms with van der Waals surface area (Å²) in [6.45, 7) is 4.40. The van der Waals surface area contributed by atoms with Crippen LogP contribution in [-0.2, 0) is 0 Å². The van der Waals surface area contributed by atoms with Crippen LogP contribution < -0.4 is 5.73 Å². The average Bonchev–Trinajstić information content (AvgIpc) is 2.27. The van der Waals surface area contributed by atoms with Gasteiger partial charge < -0.3 is 5.73 Å². The second-order valence-corrected chi connectivity index (χ2v) is 4.72. The number of nitrogens with zero attached hydrogens (tertiary/aromatic N) is 1. The quantitative estimate of drug-likeness (QED) is 0.625. The minimum absolute atomic E-state index is 0.573. The topological polar surface area (TPSA) is 49.8 Å². The molecule has 0 fully saturated rings. The number of hydrogen-bond donors (Lipinski definition) is 1. The number of rotatable bonds is 4. The summed E-state index contributed by atoms with van der Waals surface area (Å²) in [5.74, 6) is 1.73. The lowest BCUT2D eigenvalue weighted by Crippen LogP contribution is -1.98. The van der Waals surface area contributed by atoms with Crippen LogP contribution >= 0.6 is 11.8 Å². The van der Waals surface area contributed by atoms with E-state index in [2.05, 4.69) is 19.9 Å². The Hall–Kier alpha value is -1.14. The van der Waals surface area contributed by atoms with Crippen molar-refractivity contribution in [3.8, 4) is 6.07 Å². The van der Waals surface area contributed by atoms with Crippen molar-refractivity contribution in [2.45, 2.75) is 25.2 Å². The van der Waals surface area contributed by atoms with Gasteiger partial charge in [-0.05, 0) is 18.1 Å². The van der Waals surface area contributed by atoms with Crippen LogP contribution in [0.4, 0.5) is 5.69 Å². The monoisotopic (exact) mass is 220 g/mol. The highest BCUT2D eigenvalue weighted by atomic mass is 32.2. The van der Waals surface area contributed by atoms with Crippen molar-refractivity contribution in [3.63, 3.8) is 0 Å². The number of hydrogen-bond acceptors (Lipinski definition) is 3. The molecule has 2 nitrogen and oxygen atoms in total. The zero-order valence-corrected chi connectivity index (χ0v) is 9.97. The molecule has 0 heterocycles. The van der Waals surface area contributed by atoms with E-state index in [0.717, 1.165) is 10.6 Å². The minimum Gasteiger partial charge on any atom is -0.397 e. The van der Waals surface area contributed by atoms with Crippen molar-refractivity contribution in [3.05, 3.63) is 23.8 Å². The molecule has 1 atom stereocenters. The highest BCUT2D eigenvalue weighted by Gasteiger charge is 2.06. The maximum atomic E-state index is 8.83. The summed E-state index contributed by atoms with van der Waals surface area (Å²) in [4.78, 5) is 1.02. The van der Waals surface area contributed by atoms with Crippen LogP contribution in [0.15, 0.2) is 23.1 Å². The molecule has 0 radical (unpaired) electrons. The van der Waals surface area contributed by atoms with Gasteiger partial charge in [-0.25, -0.2) is 0 Å². The van der Waals surface area contributed by atoms with Crippen molar-refractivity contribution in [2.75, 3.05) is 11.5 Å². The van der Waals surface area contributed by atoms with E-state index in [-0.39, 0.29) is 0 Å². The fraction of sp³-hybridized carbons (Fsp3) is 0.417. The fourth-order valence-electron chi connectivity index (χ4n) is 1.12. The standard InChI is InChI=1S/C12H16N2S/c1-3-9(2)8-15-11-6-4-5-10(7-13)12(11)14/h4-6,9H,3,8,14H2,1-2H3. The Kier molecular flexibility index (Phi) is 4.51. The molecule has 15 heavy (non-hydrogen) atoms. The van der Waals surface area contributed by atoms with E-state index >= 15 is 0 Å². The largest absolute Gasteiger partial charge is 0.397 e. The average molecular weight is 220 g/mol. The van der Waals surface area contributed by atoms with E-state index in [0.29, 0.717) is 17.2 Å². The summed E-state index contributed by atoms with van der Waals surface area (Å²) in [6.07, 6.45) is 1.17. The van der Waals surface area contributed by atoms with Gasteiger partial charge in [0.25, 0.3) is 0 Å². The van der Waals surface area contributed by atoms with Crippen LogP contribution in [0.2, 0.25) is 0 Å². The second-order valence-electron chi connectivity index (χ2n) is 3.65. The van der Waals surface area contributed by atoms with Crippen LogP contribution in [0.3, 0.4) is 0 Å². The van der Waals surface area contributed by atoms with Crippen molar-refractivity contribution < 1.29 is 0 Å². The summed E-state index contributed by atoms with van der Waals surface area (Å²) in [6, 6.07) is 7.71. The lowest BCUT2D eigenvalue weighted by atomic mass is 10.2. The van der Waals surface area contributed by atoms with Gasteiger partial charge in [-0.1, -0.05) is 26.3 Å².